The third-order valence-corrected chi connectivity index (χ3v) is 7.42. The van der Waals surface area contributed by atoms with E-state index in [1.54, 1.807) is 22.9 Å². The van der Waals surface area contributed by atoms with Crippen molar-refractivity contribution in [3.63, 3.8) is 0 Å². The van der Waals surface area contributed by atoms with Crippen LogP contribution in [0.2, 0.25) is 0 Å². The number of carbonyl (C=O) groups excluding carboxylic acids is 3. The molecular formula is C29H28FN7O3. The number of nitrogens with two attached hydrogens (primary N) is 1. The van der Waals surface area contributed by atoms with Crippen molar-refractivity contribution in [1.82, 2.24) is 20.0 Å². The number of halogens is 1. The summed E-state index contributed by atoms with van der Waals surface area (Å²) in [5.74, 6) is -1.32. The molecule has 40 heavy (non-hydrogen) atoms. The van der Waals surface area contributed by atoms with Gasteiger partial charge in [-0.3, -0.25) is 24.7 Å². The van der Waals surface area contributed by atoms with E-state index < -0.39 is 17.8 Å². The lowest BCUT2D eigenvalue weighted by atomic mass is 10.1. The molecule has 0 radical (unpaired) electrons. The third-order valence-electron chi connectivity index (χ3n) is 7.42. The highest BCUT2D eigenvalue weighted by Gasteiger charge is 2.26. The molecule has 3 heterocycles. The summed E-state index contributed by atoms with van der Waals surface area (Å²) in [6, 6.07) is 17.8. The van der Waals surface area contributed by atoms with E-state index in [2.05, 4.69) is 32.3 Å². The summed E-state index contributed by atoms with van der Waals surface area (Å²) in [4.78, 5) is 41.0. The SMILES string of the molecule is NC(=O)c1cccc2cn(-c3ccc(N4CCN(Cc5ccc(N6CCC(=O)NC6=O)c(F)c5)CC4)cc3)nc12. The van der Waals surface area contributed by atoms with E-state index in [0.29, 0.717) is 17.6 Å². The number of nitrogens with one attached hydrogen (secondary N) is 1. The number of anilines is 2. The molecule has 0 atom stereocenters. The lowest BCUT2D eigenvalue weighted by molar-refractivity contribution is -0.120. The Morgan fingerprint density at radius 1 is 0.950 bits per heavy atom. The highest BCUT2D eigenvalue weighted by atomic mass is 19.1. The number of rotatable bonds is 6. The van der Waals surface area contributed by atoms with Crippen LogP contribution in [0.15, 0.2) is 66.9 Å². The molecule has 11 heteroatoms. The second-order valence-corrected chi connectivity index (χ2v) is 10.0. The molecule has 2 saturated heterocycles. The highest BCUT2D eigenvalue weighted by Crippen LogP contribution is 2.25. The van der Waals surface area contributed by atoms with Crippen LogP contribution in [0, 0.1) is 5.82 Å². The number of nitrogens with zero attached hydrogens (tertiary/aromatic N) is 5. The van der Waals surface area contributed by atoms with Gasteiger partial charge in [0.1, 0.15) is 11.3 Å². The fraction of sp³-hybridized carbons (Fsp3) is 0.241. The summed E-state index contributed by atoms with van der Waals surface area (Å²) < 4.78 is 16.6. The monoisotopic (exact) mass is 541 g/mol. The molecule has 3 aromatic carbocycles. The summed E-state index contributed by atoms with van der Waals surface area (Å²) in [7, 11) is 0. The minimum atomic E-state index is -0.595. The Morgan fingerprint density at radius 2 is 1.70 bits per heavy atom. The maximum atomic E-state index is 14.9. The first kappa shape index (κ1) is 25.5. The standard InChI is InChI=1S/C29H28FN7O3/c30-24-16-19(4-9-25(24)36-11-10-26(38)32-29(36)40)17-34-12-14-35(15-13-34)21-5-7-22(8-6-21)37-18-20-2-1-3-23(28(31)39)27(20)33-37/h1-9,16,18H,10-15,17H2,(H2,31,39)(H,32,38,40). The maximum absolute atomic E-state index is 14.9. The number of carbonyl (C=O) groups is 3. The molecular weight excluding hydrogens is 513 g/mol. The Balaban J connectivity index is 1.07. The molecule has 3 N–H and O–H groups in total. The summed E-state index contributed by atoms with van der Waals surface area (Å²) in [5.41, 5.74) is 9.47. The second-order valence-electron chi connectivity index (χ2n) is 10.0. The molecule has 4 aromatic rings. The lowest BCUT2D eigenvalue weighted by Crippen LogP contribution is -2.49. The Hall–Kier alpha value is -4.77. The van der Waals surface area contributed by atoms with Crippen LogP contribution in [-0.2, 0) is 11.3 Å². The molecule has 2 aliphatic heterocycles. The van der Waals surface area contributed by atoms with E-state index in [1.165, 1.54) is 11.0 Å². The zero-order chi connectivity index (χ0) is 27.8. The zero-order valence-corrected chi connectivity index (χ0v) is 21.7. The third kappa shape index (κ3) is 4.98. The molecule has 2 aliphatic rings. The van der Waals surface area contributed by atoms with Crippen molar-refractivity contribution in [3.05, 3.63) is 83.8 Å². The van der Waals surface area contributed by atoms with Gasteiger partial charge in [-0.2, -0.15) is 5.10 Å². The van der Waals surface area contributed by atoms with Gasteiger partial charge in [0.15, 0.2) is 0 Å². The van der Waals surface area contributed by atoms with Gasteiger partial charge in [0, 0.05) is 63.0 Å². The zero-order valence-electron chi connectivity index (χ0n) is 21.7. The summed E-state index contributed by atoms with van der Waals surface area (Å²) >= 11 is 0. The lowest BCUT2D eigenvalue weighted by Gasteiger charge is -2.36. The molecule has 0 spiro atoms. The number of amides is 4. The number of fused-ring (bicyclic) bond motifs is 1. The normalized spacial score (nSPS) is 16.4. The van der Waals surface area contributed by atoms with Gasteiger partial charge >= 0.3 is 6.03 Å². The van der Waals surface area contributed by atoms with Gasteiger partial charge in [-0.15, -0.1) is 0 Å². The van der Waals surface area contributed by atoms with Gasteiger partial charge in [0.25, 0.3) is 5.91 Å². The smallest absolute Gasteiger partial charge is 0.328 e. The summed E-state index contributed by atoms with van der Waals surface area (Å²) in [6.45, 7) is 4.07. The van der Waals surface area contributed by atoms with Gasteiger partial charge in [0.05, 0.1) is 16.9 Å². The van der Waals surface area contributed by atoms with Gasteiger partial charge < -0.3 is 10.6 Å². The van der Waals surface area contributed by atoms with Crippen LogP contribution in [0.5, 0.6) is 0 Å². The number of benzene rings is 3. The molecule has 204 valence electrons. The van der Waals surface area contributed by atoms with Gasteiger partial charge in [-0.25, -0.2) is 13.9 Å². The van der Waals surface area contributed by atoms with Crippen molar-refractivity contribution >= 4 is 40.1 Å². The van der Waals surface area contributed by atoms with E-state index in [1.807, 2.05) is 30.5 Å². The van der Waals surface area contributed by atoms with E-state index >= 15 is 0 Å². The Morgan fingerprint density at radius 3 is 2.40 bits per heavy atom. The topological polar surface area (TPSA) is 117 Å². The number of imide groups is 1. The summed E-state index contributed by atoms with van der Waals surface area (Å²) in [6.07, 6.45) is 2.03. The van der Waals surface area contributed by atoms with Gasteiger partial charge in [-0.05, 0) is 48.0 Å². The average molecular weight is 542 g/mol. The molecule has 0 saturated carbocycles. The first-order valence-electron chi connectivity index (χ1n) is 13.1. The van der Waals surface area contributed by atoms with Crippen molar-refractivity contribution < 1.29 is 18.8 Å². The van der Waals surface area contributed by atoms with E-state index in [0.717, 1.165) is 48.5 Å². The quantitative estimate of drug-likeness (QED) is 0.388. The number of urea groups is 1. The average Bonchev–Trinajstić information content (AvgIpc) is 3.39. The van der Waals surface area contributed by atoms with Crippen molar-refractivity contribution in [2.24, 2.45) is 5.73 Å². The number of hydrogen-bond donors (Lipinski definition) is 2. The predicted octanol–water partition coefficient (Wildman–Crippen LogP) is 3.03. The Labute approximate surface area is 229 Å². The van der Waals surface area contributed by atoms with Crippen LogP contribution in [0.25, 0.3) is 16.6 Å². The number of piperazine rings is 1. The maximum Gasteiger partial charge on any atom is 0.328 e. The van der Waals surface area contributed by atoms with Crippen LogP contribution in [0.4, 0.5) is 20.6 Å². The predicted molar refractivity (Wildman–Crippen MR) is 149 cm³/mol. The van der Waals surface area contributed by atoms with Gasteiger partial charge in [0.2, 0.25) is 5.91 Å². The molecule has 6 rings (SSSR count). The van der Waals surface area contributed by atoms with Crippen molar-refractivity contribution in [1.29, 1.82) is 0 Å². The Kier molecular flexibility index (Phi) is 6.64. The Bertz CT molecular complexity index is 1610. The molecule has 1 aromatic heterocycles. The first-order valence-corrected chi connectivity index (χ1v) is 13.1. The minimum Gasteiger partial charge on any atom is -0.369 e. The number of hydrogen-bond acceptors (Lipinski definition) is 6. The van der Waals surface area contributed by atoms with Crippen LogP contribution in [-0.4, -0.2) is 65.2 Å². The fourth-order valence-corrected chi connectivity index (χ4v) is 5.28. The minimum absolute atomic E-state index is 0.151. The van der Waals surface area contributed by atoms with Crippen LogP contribution in [0.1, 0.15) is 22.3 Å². The largest absolute Gasteiger partial charge is 0.369 e. The number of primary amides is 1. The van der Waals surface area contributed by atoms with Crippen LogP contribution < -0.4 is 20.9 Å². The van der Waals surface area contributed by atoms with Crippen molar-refractivity contribution in [3.8, 4) is 5.69 Å². The first-order chi connectivity index (χ1) is 19.4. The molecule has 0 unspecified atom stereocenters. The molecule has 10 nitrogen and oxygen atoms in total. The van der Waals surface area contributed by atoms with Crippen LogP contribution >= 0.6 is 0 Å². The summed E-state index contributed by atoms with van der Waals surface area (Å²) in [5, 5.41) is 7.64. The molecule has 2 fully saturated rings. The number of aromatic nitrogens is 2. The second kappa shape index (κ2) is 10.4. The van der Waals surface area contributed by atoms with Crippen LogP contribution in [0.3, 0.4) is 0 Å². The van der Waals surface area contributed by atoms with Crippen molar-refractivity contribution in [2.45, 2.75) is 13.0 Å². The molecule has 0 aliphatic carbocycles. The van der Waals surface area contributed by atoms with E-state index in [4.69, 9.17) is 5.73 Å². The van der Waals surface area contributed by atoms with Crippen molar-refractivity contribution in [2.75, 3.05) is 42.5 Å². The molecule has 4 amide bonds. The fourth-order valence-electron chi connectivity index (χ4n) is 5.28. The van der Waals surface area contributed by atoms with E-state index in [9.17, 15) is 18.8 Å². The molecule has 0 bridgehead atoms. The van der Waals surface area contributed by atoms with Gasteiger partial charge in [-0.1, -0.05) is 18.2 Å². The van der Waals surface area contributed by atoms with E-state index in [-0.39, 0.29) is 24.6 Å². The highest BCUT2D eigenvalue weighted by molar-refractivity contribution is 6.06.